The van der Waals surface area contributed by atoms with E-state index in [1.165, 1.54) is 27.0 Å². The molecule has 0 aliphatic carbocycles. The molecule has 208 valence electrons. The van der Waals surface area contributed by atoms with Crippen LogP contribution in [0.25, 0.3) is 11.1 Å². The quantitative estimate of drug-likeness (QED) is 0.130. The number of hydrogen-bond donors (Lipinski definition) is 0. The molecule has 0 heterocycles. The van der Waals surface area contributed by atoms with Gasteiger partial charge in [-0.3, -0.25) is 4.79 Å². The number of halogens is 1. The molecule has 0 unspecified atom stereocenters. The number of esters is 1. The Hall–Kier alpha value is -3.52. The molecule has 0 fully saturated rings. The van der Waals surface area contributed by atoms with Crippen LogP contribution in [-0.2, 0) is 4.79 Å². The van der Waals surface area contributed by atoms with Crippen LogP contribution in [0.1, 0.15) is 37.3 Å². The van der Waals surface area contributed by atoms with Crippen molar-refractivity contribution in [1.82, 2.24) is 0 Å². The summed E-state index contributed by atoms with van der Waals surface area (Å²) in [6, 6.07) is 46.6. The first-order valence-electron chi connectivity index (χ1n) is 13.9. The van der Waals surface area contributed by atoms with Gasteiger partial charge in [-0.05, 0) is 83.6 Å². The van der Waals surface area contributed by atoms with Crippen molar-refractivity contribution in [3.05, 3.63) is 145 Å². The highest BCUT2D eigenvalue weighted by atomic mass is 79.9. The van der Waals surface area contributed by atoms with E-state index in [2.05, 4.69) is 142 Å². The second-order valence-corrected chi connectivity index (χ2v) is 14.1. The standard InChI is InChI=1S/C37H36O2P.BrH/c1-28(2)34-27-35(30-16-8-4-9-17-30)29(3)26-36(34)39-37(38)24-25-40(31-18-10-5-11-19-31,32-20-12-6-13-21-32)33-22-14-7-15-23-33;/h4-23,26-28H,24-25H2,1-3H3;1H/q+1;/p-1. The third kappa shape index (κ3) is 6.70. The SMILES string of the molecule is Cc1cc(OC(=O)CC[P+](c2ccccc2)(c2ccccc2)c2ccccc2)c(C(C)C)cc1-c1ccccc1.[Br-]. The molecule has 0 aliphatic rings. The highest BCUT2D eigenvalue weighted by molar-refractivity contribution is 7.95. The summed E-state index contributed by atoms with van der Waals surface area (Å²) in [5, 5.41) is 3.81. The van der Waals surface area contributed by atoms with E-state index in [1.54, 1.807) is 0 Å². The fourth-order valence-corrected chi connectivity index (χ4v) is 9.71. The number of hydrogen-bond acceptors (Lipinski definition) is 2. The van der Waals surface area contributed by atoms with Gasteiger partial charge in [-0.2, -0.15) is 0 Å². The molecule has 5 rings (SSSR count). The summed E-state index contributed by atoms with van der Waals surface area (Å²) < 4.78 is 6.16. The van der Waals surface area contributed by atoms with Gasteiger partial charge in [0.25, 0.3) is 0 Å². The molecule has 5 aromatic carbocycles. The summed E-state index contributed by atoms with van der Waals surface area (Å²) in [6.07, 6.45) is 1.02. The molecule has 0 radical (unpaired) electrons. The average molecular weight is 624 g/mol. The highest BCUT2D eigenvalue weighted by Gasteiger charge is 2.45. The maximum atomic E-state index is 13.6. The van der Waals surface area contributed by atoms with E-state index < -0.39 is 7.26 Å². The molecule has 0 atom stereocenters. The number of benzene rings is 5. The zero-order chi connectivity index (χ0) is 28.0. The monoisotopic (exact) mass is 622 g/mol. The topological polar surface area (TPSA) is 26.3 Å². The largest absolute Gasteiger partial charge is 1.00 e. The lowest BCUT2D eigenvalue weighted by Crippen LogP contribution is -3.00. The highest BCUT2D eigenvalue weighted by Crippen LogP contribution is 2.55. The van der Waals surface area contributed by atoms with E-state index in [4.69, 9.17) is 4.74 Å². The molecule has 4 heteroatoms. The van der Waals surface area contributed by atoms with Crippen LogP contribution >= 0.6 is 7.26 Å². The number of carbonyl (C=O) groups excluding carboxylic acids is 1. The molecule has 0 saturated heterocycles. The van der Waals surface area contributed by atoms with Crippen molar-refractivity contribution in [2.75, 3.05) is 6.16 Å². The van der Waals surface area contributed by atoms with Crippen molar-refractivity contribution in [2.45, 2.75) is 33.1 Å². The van der Waals surface area contributed by atoms with Crippen molar-refractivity contribution in [1.29, 1.82) is 0 Å². The molecule has 41 heavy (non-hydrogen) atoms. The molecule has 0 aliphatic heterocycles. The van der Waals surface area contributed by atoms with Crippen molar-refractivity contribution in [3.8, 4) is 16.9 Å². The van der Waals surface area contributed by atoms with Gasteiger partial charge in [0.15, 0.2) is 0 Å². The number of rotatable bonds is 9. The van der Waals surface area contributed by atoms with Crippen LogP contribution in [0.2, 0.25) is 0 Å². The lowest BCUT2D eigenvalue weighted by Gasteiger charge is -2.27. The summed E-state index contributed by atoms with van der Waals surface area (Å²) >= 11 is 0. The summed E-state index contributed by atoms with van der Waals surface area (Å²) in [6.45, 7) is 6.38. The first-order chi connectivity index (χ1) is 19.5. The molecular formula is C37H36BrO2P. The first kappa shape index (κ1) is 30.4. The maximum absolute atomic E-state index is 13.6. The van der Waals surface area contributed by atoms with Gasteiger partial charge in [-0.25, -0.2) is 0 Å². The molecule has 0 N–H and O–H groups in total. The van der Waals surface area contributed by atoms with E-state index in [9.17, 15) is 4.79 Å². The third-order valence-electron chi connectivity index (χ3n) is 7.53. The van der Waals surface area contributed by atoms with Gasteiger partial charge in [0.05, 0.1) is 12.6 Å². The Morgan fingerprint density at radius 1 is 0.683 bits per heavy atom. The molecule has 0 spiro atoms. The molecule has 0 saturated carbocycles. The van der Waals surface area contributed by atoms with Crippen LogP contribution in [0.5, 0.6) is 5.75 Å². The van der Waals surface area contributed by atoms with Crippen LogP contribution < -0.4 is 37.6 Å². The summed E-state index contributed by atoms with van der Waals surface area (Å²) in [7, 11) is -2.10. The van der Waals surface area contributed by atoms with Crippen molar-refractivity contribution < 1.29 is 26.5 Å². The second kappa shape index (κ2) is 13.9. The Labute approximate surface area is 255 Å². The van der Waals surface area contributed by atoms with Crippen molar-refractivity contribution in [2.24, 2.45) is 0 Å². The Bertz CT molecular complexity index is 1460. The smallest absolute Gasteiger partial charge is 0.314 e. The van der Waals surface area contributed by atoms with Gasteiger partial charge in [-0.15, -0.1) is 0 Å². The van der Waals surface area contributed by atoms with Gasteiger partial charge in [0.1, 0.15) is 28.9 Å². The summed E-state index contributed by atoms with van der Waals surface area (Å²) in [5.41, 5.74) is 4.49. The molecule has 0 bridgehead atoms. The Morgan fingerprint density at radius 2 is 1.12 bits per heavy atom. The van der Waals surface area contributed by atoms with Crippen LogP contribution in [-0.4, -0.2) is 12.1 Å². The van der Waals surface area contributed by atoms with Crippen LogP contribution in [0.4, 0.5) is 0 Å². The minimum atomic E-state index is -2.10. The molecular weight excluding hydrogens is 587 g/mol. The van der Waals surface area contributed by atoms with Gasteiger partial charge < -0.3 is 21.7 Å². The predicted molar refractivity (Wildman–Crippen MR) is 171 cm³/mol. The Balaban J connectivity index is 0.00000387. The Kier molecular flexibility index (Phi) is 10.3. The fourth-order valence-electron chi connectivity index (χ4n) is 5.48. The van der Waals surface area contributed by atoms with E-state index in [0.717, 1.165) is 11.1 Å². The summed E-state index contributed by atoms with van der Waals surface area (Å²) in [4.78, 5) is 13.6. The predicted octanol–water partition coefficient (Wildman–Crippen LogP) is 5.08. The van der Waals surface area contributed by atoms with E-state index >= 15 is 0 Å². The number of ether oxygens (including phenoxy) is 1. The molecule has 2 nitrogen and oxygen atoms in total. The lowest BCUT2D eigenvalue weighted by atomic mass is 9.93. The Morgan fingerprint density at radius 3 is 1.56 bits per heavy atom. The first-order valence-corrected chi connectivity index (χ1v) is 15.9. The zero-order valence-electron chi connectivity index (χ0n) is 23.8. The van der Waals surface area contributed by atoms with E-state index in [0.29, 0.717) is 18.3 Å². The van der Waals surface area contributed by atoms with E-state index in [-0.39, 0.29) is 28.9 Å². The average Bonchev–Trinajstić information content (AvgIpc) is 2.99. The fraction of sp³-hybridized carbons (Fsp3) is 0.162. The minimum absolute atomic E-state index is 0. The van der Waals surface area contributed by atoms with Gasteiger partial charge in [0, 0.05) is 0 Å². The molecule has 0 amide bonds. The normalized spacial score (nSPS) is 11.1. The van der Waals surface area contributed by atoms with E-state index in [1.807, 2.05) is 12.1 Å². The molecule has 5 aromatic rings. The maximum Gasteiger partial charge on any atom is 0.314 e. The van der Waals surface area contributed by atoms with Crippen molar-refractivity contribution in [3.63, 3.8) is 0 Å². The zero-order valence-corrected chi connectivity index (χ0v) is 26.3. The van der Waals surface area contributed by atoms with Crippen LogP contribution in [0, 0.1) is 6.92 Å². The van der Waals surface area contributed by atoms with Crippen LogP contribution in [0.3, 0.4) is 0 Å². The van der Waals surface area contributed by atoms with Gasteiger partial charge >= 0.3 is 5.97 Å². The number of aryl methyl sites for hydroxylation is 1. The van der Waals surface area contributed by atoms with Gasteiger partial charge in [0.2, 0.25) is 0 Å². The second-order valence-electron chi connectivity index (χ2n) is 10.5. The summed E-state index contributed by atoms with van der Waals surface area (Å²) in [5.74, 6) is 0.691. The van der Waals surface area contributed by atoms with Crippen LogP contribution in [0.15, 0.2) is 133 Å². The minimum Gasteiger partial charge on any atom is -1.00 e. The molecule has 0 aromatic heterocycles. The third-order valence-corrected chi connectivity index (χ3v) is 12.0. The van der Waals surface area contributed by atoms with Crippen molar-refractivity contribution >= 4 is 29.1 Å². The number of carbonyl (C=O) groups is 1. The van der Waals surface area contributed by atoms with Gasteiger partial charge in [-0.1, -0.05) is 98.8 Å². The lowest BCUT2D eigenvalue weighted by molar-refractivity contribution is -0.133.